The Kier molecular flexibility index (Phi) is 5.65. The molecule has 5 nitrogen and oxygen atoms in total. The Bertz CT molecular complexity index is 1000. The van der Waals surface area contributed by atoms with Crippen molar-refractivity contribution in [2.45, 2.75) is 33.0 Å². The number of ether oxygens (including phenoxy) is 1. The van der Waals surface area contributed by atoms with Crippen LogP contribution in [0.15, 0.2) is 36.5 Å². The Morgan fingerprint density at radius 1 is 1.19 bits per heavy atom. The van der Waals surface area contributed by atoms with E-state index in [4.69, 9.17) is 27.9 Å². The van der Waals surface area contributed by atoms with E-state index in [0.29, 0.717) is 38.1 Å². The number of carboxylic acids is 1. The third-order valence-corrected chi connectivity index (χ3v) is 4.54. The van der Waals surface area contributed by atoms with Gasteiger partial charge < -0.3 is 9.84 Å². The SMILES string of the molecule is Cc1nc2ccc(Cl)cc2c(-c2ccc(Cl)nc2)c1C(OC(C)C)C(=O)O. The molecule has 0 bridgehead atoms. The monoisotopic (exact) mass is 404 g/mol. The maximum Gasteiger partial charge on any atom is 0.337 e. The Morgan fingerprint density at radius 2 is 1.93 bits per heavy atom. The number of nitrogens with zero attached hydrogens (tertiary/aromatic N) is 2. The minimum atomic E-state index is -1.17. The van der Waals surface area contributed by atoms with Gasteiger partial charge in [-0.15, -0.1) is 0 Å². The molecule has 0 fully saturated rings. The number of fused-ring (bicyclic) bond motifs is 1. The van der Waals surface area contributed by atoms with Gasteiger partial charge in [-0.3, -0.25) is 4.98 Å². The molecule has 1 aromatic carbocycles. The molecule has 0 saturated heterocycles. The second-order valence-corrected chi connectivity index (χ2v) is 7.24. The molecule has 3 aromatic rings. The van der Waals surface area contributed by atoms with Gasteiger partial charge in [0.25, 0.3) is 0 Å². The number of rotatable bonds is 5. The lowest BCUT2D eigenvalue weighted by Gasteiger charge is -2.23. The molecule has 0 radical (unpaired) electrons. The molecule has 3 rings (SSSR count). The quantitative estimate of drug-likeness (QED) is 0.571. The van der Waals surface area contributed by atoms with Crippen LogP contribution in [-0.4, -0.2) is 27.1 Å². The molecule has 1 unspecified atom stereocenters. The molecule has 0 aliphatic carbocycles. The van der Waals surface area contributed by atoms with Crippen LogP contribution in [0.4, 0.5) is 0 Å². The molecule has 2 heterocycles. The van der Waals surface area contributed by atoms with Gasteiger partial charge in [-0.05, 0) is 51.1 Å². The largest absolute Gasteiger partial charge is 0.479 e. The first-order valence-electron chi connectivity index (χ1n) is 8.38. The maximum absolute atomic E-state index is 12.0. The van der Waals surface area contributed by atoms with Crippen LogP contribution in [0.25, 0.3) is 22.0 Å². The smallest absolute Gasteiger partial charge is 0.337 e. The molecule has 1 atom stereocenters. The summed E-state index contributed by atoms with van der Waals surface area (Å²) < 4.78 is 5.72. The van der Waals surface area contributed by atoms with Crippen LogP contribution in [0.2, 0.25) is 10.2 Å². The van der Waals surface area contributed by atoms with E-state index in [2.05, 4.69) is 9.97 Å². The van der Waals surface area contributed by atoms with E-state index in [1.165, 1.54) is 0 Å². The number of hydrogen-bond acceptors (Lipinski definition) is 4. The minimum Gasteiger partial charge on any atom is -0.479 e. The summed E-state index contributed by atoms with van der Waals surface area (Å²) in [7, 11) is 0. The molecule has 0 aliphatic rings. The fourth-order valence-corrected chi connectivity index (χ4v) is 3.33. The van der Waals surface area contributed by atoms with E-state index in [9.17, 15) is 9.90 Å². The zero-order valence-corrected chi connectivity index (χ0v) is 16.5. The van der Waals surface area contributed by atoms with Crippen molar-refractivity contribution in [3.8, 4) is 11.1 Å². The summed E-state index contributed by atoms with van der Waals surface area (Å²) in [6, 6.07) is 8.78. The lowest BCUT2D eigenvalue weighted by molar-refractivity contribution is -0.153. The van der Waals surface area contributed by atoms with Gasteiger partial charge in [0.2, 0.25) is 0 Å². The number of pyridine rings is 2. The number of hydrogen-bond donors (Lipinski definition) is 1. The summed E-state index contributed by atoms with van der Waals surface area (Å²) in [5, 5.41) is 11.4. The summed E-state index contributed by atoms with van der Waals surface area (Å²) >= 11 is 12.1. The predicted octanol–water partition coefficient (Wildman–Crippen LogP) is 5.46. The first kappa shape index (κ1) is 19.5. The van der Waals surface area contributed by atoms with Crippen LogP contribution < -0.4 is 0 Å². The van der Waals surface area contributed by atoms with Crippen LogP contribution >= 0.6 is 23.2 Å². The minimum absolute atomic E-state index is 0.281. The average molecular weight is 405 g/mol. The summed E-state index contributed by atoms with van der Waals surface area (Å²) in [4.78, 5) is 20.7. The maximum atomic E-state index is 12.0. The summed E-state index contributed by atoms with van der Waals surface area (Å²) in [6.45, 7) is 5.36. The summed E-state index contributed by atoms with van der Waals surface area (Å²) in [6.07, 6.45) is 0.151. The van der Waals surface area contributed by atoms with Gasteiger partial charge in [-0.1, -0.05) is 23.2 Å². The second-order valence-electron chi connectivity index (χ2n) is 6.42. The fraction of sp³-hybridized carbons (Fsp3) is 0.250. The van der Waals surface area contributed by atoms with Crippen LogP contribution in [0.3, 0.4) is 0 Å². The number of aromatic nitrogens is 2. The third kappa shape index (κ3) is 4.05. The first-order valence-corrected chi connectivity index (χ1v) is 9.13. The molecule has 140 valence electrons. The van der Waals surface area contributed by atoms with E-state index in [0.717, 1.165) is 5.39 Å². The Hall–Kier alpha value is -2.21. The van der Waals surface area contributed by atoms with Gasteiger partial charge >= 0.3 is 5.97 Å². The molecule has 0 spiro atoms. The highest BCUT2D eigenvalue weighted by Crippen LogP contribution is 2.39. The standard InChI is InChI=1S/C20H18Cl2N2O3/c1-10(2)27-19(20(25)26)17-11(3)24-15-6-5-13(21)8-14(15)18(17)12-4-7-16(22)23-9-12/h4-10,19H,1-3H3,(H,25,26). The van der Waals surface area contributed by atoms with Crippen LogP contribution in [0.1, 0.15) is 31.2 Å². The molecule has 0 aliphatic heterocycles. The number of aliphatic carboxylic acids is 1. The van der Waals surface area contributed by atoms with Crippen molar-refractivity contribution in [3.63, 3.8) is 0 Å². The number of halogens is 2. The van der Waals surface area contributed by atoms with Crippen LogP contribution in [0, 0.1) is 6.92 Å². The third-order valence-electron chi connectivity index (χ3n) is 4.09. The van der Waals surface area contributed by atoms with Crippen molar-refractivity contribution in [2.24, 2.45) is 0 Å². The lowest BCUT2D eigenvalue weighted by Crippen LogP contribution is -2.21. The number of aryl methyl sites for hydroxylation is 1. The van der Waals surface area contributed by atoms with Crippen LogP contribution in [0.5, 0.6) is 0 Å². The van der Waals surface area contributed by atoms with Gasteiger partial charge in [-0.2, -0.15) is 0 Å². The predicted molar refractivity (Wildman–Crippen MR) is 106 cm³/mol. The number of carbonyl (C=O) groups is 1. The topological polar surface area (TPSA) is 72.3 Å². The number of carboxylic acid groups (broad SMARTS) is 1. The highest BCUT2D eigenvalue weighted by atomic mass is 35.5. The number of benzene rings is 1. The molecule has 2 aromatic heterocycles. The van der Waals surface area contributed by atoms with Gasteiger partial charge in [-0.25, -0.2) is 9.78 Å². The van der Waals surface area contributed by atoms with Crippen molar-refractivity contribution < 1.29 is 14.6 Å². The normalized spacial score (nSPS) is 12.5. The molecular formula is C20H18Cl2N2O3. The molecule has 0 saturated carbocycles. The lowest BCUT2D eigenvalue weighted by atomic mass is 9.92. The van der Waals surface area contributed by atoms with Crippen molar-refractivity contribution in [3.05, 3.63) is 58.0 Å². The molecule has 27 heavy (non-hydrogen) atoms. The zero-order chi connectivity index (χ0) is 19.7. The van der Waals surface area contributed by atoms with Gasteiger partial charge in [0.15, 0.2) is 6.10 Å². The summed E-state index contributed by atoms with van der Waals surface area (Å²) in [5.41, 5.74) is 3.15. The van der Waals surface area contributed by atoms with Gasteiger partial charge in [0.1, 0.15) is 5.15 Å². The first-order chi connectivity index (χ1) is 12.8. The highest BCUT2D eigenvalue weighted by Gasteiger charge is 2.29. The Balaban J connectivity index is 2.40. The molecule has 7 heteroatoms. The fourth-order valence-electron chi connectivity index (χ4n) is 3.05. The summed E-state index contributed by atoms with van der Waals surface area (Å²) in [5.74, 6) is -1.09. The van der Waals surface area contributed by atoms with E-state index < -0.39 is 12.1 Å². The Morgan fingerprint density at radius 3 is 2.52 bits per heavy atom. The van der Waals surface area contributed by atoms with Crippen molar-refractivity contribution in [1.29, 1.82) is 0 Å². The van der Waals surface area contributed by atoms with E-state index in [-0.39, 0.29) is 6.10 Å². The molecule has 0 amide bonds. The highest BCUT2D eigenvalue weighted by molar-refractivity contribution is 6.31. The molecule has 1 N–H and O–H groups in total. The van der Waals surface area contributed by atoms with Crippen LogP contribution in [-0.2, 0) is 9.53 Å². The van der Waals surface area contributed by atoms with Crippen molar-refractivity contribution >= 4 is 40.1 Å². The van der Waals surface area contributed by atoms with Gasteiger partial charge in [0, 0.05) is 39.0 Å². The van der Waals surface area contributed by atoms with E-state index in [1.807, 2.05) is 0 Å². The van der Waals surface area contributed by atoms with E-state index >= 15 is 0 Å². The van der Waals surface area contributed by atoms with Crippen molar-refractivity contribution in [2.75, 3.05) is 0 Å². The second kappa shape index (κ2) is 7.80. The molecular weight excluding hydrogens is 387 g/mol. The van der Waals surface area contributed by atoms with Gasteiger partial charge in [0.05, 0.1) is 11.6 Å². The van der Waals surface area contributed by atoms with E-state index in [1.54, 1.807) is 57.3 Å². The average Bonchev–Trinajstić information content (AvgIpc) is 2.60. The zero-order valence-electron chi connectivity index (χ0n) is 15.0. The Labute approximate surface area is 166 Å². The van der Waals surface area contributed by atoms with Crippen molar-refractivity contribution in [1.82, 2.24) is 9.97 Å².